The van der Waals surface area contributed by atoms with Gasteiger partial charge in [-0.15, -0.1) is 0 Å². The maximum absolute atomic E-state index is 13.5. The molecule has 2 aromatic carbocycles. The van der Waals surface area contributed by atoms with Gasteiger partial charge in [-0.1, -0.05) is 29.3 Å². The third kappa shape index (κ3) is 2.86. The van der Waals surface area contributed by atoms with Gasteiger partial charge >= 0.3 is 0 Å². The zero-order valence-corrected chi connectivity index (χ0v) is 10.8. The highest BCUT2D eigenvalue weighted by Crippen LogP contribution is 2.29. The molecule has 0 radical (unpaired) electrons. The van der Waals surface area contributed by atoms with E-state index in [2.05, 4.69) is 0 Å². The summed E-state index contributed by atoms with van der Waals surface area (Å²) in [4.78, 5) is 0. The van der Waals surface area contributed by atoms with Crippen LogP contribution in [0.4, 0.5) is 10.1 Å². The number of nitrogen functional groups attached to an aromatic ring is 1. The molecule has 2 aromatic rings. The molecule has 94 valence electrons. The van der Waals surface area contributed by atoms with Crippen LogP contribution in [0, 0.1) is 5.82 Å². The molecule has 5 heteroatoms. The summed E-state index contributed by atoms with van der Waals surface area (Å²) in [7, 11) is 0. The first-order chi connectivity index (χ1) is 8.58. The largest absolute Gasteiger partial charge is 0.487 e. The fraction of sp³-hybridized carbons (Fsp3) is 0.0769. The molecule has 0 saturated carbocycles. The van der Waals surface area contributed by atoms with E-state index < -0.39 is 5.82 Å². The van der Waals surface area contributed by atoms with Crippen molar-refractivity contribution in [2.75, 3.05) is 5.73 Å². The molecule has 0 amide bonds. The van der Waals surface area contributed by atoms with E-state index in [1.807, 2.05) is 0 Å². The molecular weight excluding hydrogens is 276 g/mol. The van der Waals surface area contributed by atoms with Gasteiger partial charge in [0, 0.05) is 22.3 Å². The summed E-state index contributed by atoms with van der Waals surface area (Å²) >= 11 is 11.8. The summed E-state index contributed by atoms with van der Waals surface area (Å²) in [6.45, 7) is -0.00142. The average molecular weight is 286 g/mol. The Morgan fingerprint density at radius 2 is 1.94 bits per heavy atom. The maximum Gasteiger partial charge on any atom is 0.139 e. The summed E-state index contributed by atoms with van der Waals surface area (Å²) in [5.41, 5.74) is 6.31. The molecule has 0 fully saturated rings. The van der Waals surface area contributed by atoms with E-state index in [4.69, 9.17) is 33.7 Å². The normalized spacial score (nSPS) is 10.4. The molecule has 0 heterocycles. The second kappa shape index (κ2) is 5.46. The number of nitrogens with two attached hydrogens (primary N) is 1. The Bertz CT molecular complexity index is 555. The zero-order chi connectivity index (χ0) is 13.1. The monoisotopic (exact) mass is 285 g/mol. The molecular formula is C13H10Cl2FNO. The Balaban J connectivity index is 2.19. The van der Waals surface area contributed by atoms with Crippen molar-refractivity contribution < 1.29 is 9.13 Å². The van der Waals surface area contributed by atoms with E-state index in [-0.39, 0.29) is 6.61 Å². The molecule has 18 heavy (non-hydrogen) atoms. The van der Waals surface area contributed by atoms with Gasteiger partial charge in [-0.25, -0.2) is 4.39 Å². The Hall–Kier alpha value is -1.45. The van der Waals surface area contributed by atoms with Crippen LogP contribution in [0.5, 0.6) is 5.75 Å². The van der Waals surface area contributed by atoms with Gasteiger partial charge in [-0.05, 0) is 24.3 Å². The molecule has 0 saturated heterocycles. The predicted octanol–water partition coefficient (Wildman–Crippen LogP) is 4.29. The lowest BCUT2D eigenvalue weighted by atomic mass is 10.2. The fourth-order valence-corrected chi connectivity index (χ4v) is 1.80. The smallest absolute Gasteiger partial charge is 0.139 e. The van der Waals surface area contributed by atoms with Crippen LogP contribution >= 0.6 is 23.2 Å². The number of benzene rings is 2. The van der Waals surface area contributed by atoms with E-state index >= 15 is 0 Å². The van der Waals surface area contributed by atoms with Crippen molar-refractivity contribution in [2.45, 2.75) is 6.61 Å². The second-order valence-electron chi connectivity index (χ2n) is 3.67. The van der Waals surface area contributed by atoms with Gasteiger partial charge in [-0.2, -0.15) is 0 Å². The van der Waals surface area contributed by atoms with Crippen LogP contribution in [-0.2, 0) is 6.61 Å². The second-order valence-corrected chi connectivity index (χ2v) is 4.51. The summed E-state index contributed by atoms with van der Waals surface area (Å²) in [6, 6.07) is 9.32. The first-order valence-electron chi connectivity index (χ1n) is 5.18. The van der Waals surface area contributed by atoms with Gasteiger partial charge < -0.3 is 10.5 Å². The highest BCUT2D eigenvalue weighted by Gasteiger charge is 2.08. The number of rotatable bonds is 3. The Labute approximate surface area is 114 Å². The van der Waals surface area contributed by atoms with E-state index in [1.54, 1.807) is 30.3 Å². The topological polar surface area (TPSA) is 35.2 Å². The molecule has 2 N–H and O–H groups in total. The highest BCUT2D eigenvalue weighted by molar-refractivity contribution is 6.34. The van der Waals surface area contributed by atoms with Crippen molar-refractivity contribution in [1.82, 2.24) is 0 Å². The third-order valence-electron chi connectivity index (χ3n) is 2.42. The summed E-state index contributed by atoms with van der Waals surface area (Å²) in [5.74, 6) is -0.0139. The SMILES string of the molecule is Nc1cccc(F)c1COc1cc(Cl)ccc1Cl. The van der Waals surface area contributed by atoms with Crippen LogP contribution < -0.4 is 10.5 Å². The summed E-state index contributed by atoms with van der Waals surface area (Å²) in [5, 5.41) is 0.908. The minimum absolute atomic E-state index is 0.00142. The molecule has 0 aliphatic rings. The number of hydrogen-bond acceptors (Lipinski definition) is 2. The van der Waals surface area contributed by atoms with Gasteiger partial charge in [0.1, 0.15) is 18.2 Å². The van der Waals surface area contributed by atoms with E-state index in [0.29, 0.717) is 27.0 Å². The quantitative estimate of drug-likeness (QED) is 0.854. The van der Waals surface area contributed by atoms with Crippen LogP contribution in [-0.4, -0.2) is 0 Å². The van der Waals surface area contributed by atoms with Gasteiger partial charge in [0.25, 0.3) is 0 Å². The summed E-state index contributed by atoms with van der Waals surface area (Å²) < 4.78 is 18.9. The van der Waals surface area contributed by atoms with Crippen LogP contribution in [0.15, 0.2) is 36.4 Å². The lowest BCUT2D eigenvalue weighted by Crippen LogP contribution is -2.03. The third-order valence-corrected chi connectivity index (χ3v) is 2.97. The number of hydrogen-bond donors (Lipinski definition) is 1. The first kappa shape index (κ1) is 13.0. The summed E-state index contributed by atoms with van der Waals surface area (Å²) in [6.07, 6.45) is 0. The number of anilines is 1. The van der Waals surface area contributed by atoms with E-state index in [0.717, 1.165) is 0 Å². The molecule has 2 nitrogen and oxygen atoms in total. The molecule has 2 rings (SSSR count). The molecule has 0 spiro atoms. The molecule has 0 unspecified atom stereocenters. The molecule has 0 aliphatic carbocycles. The van der Waals surface area contributed by atoms with Gasteiger partial charge in [0.05, 0.1) is 5.02 Å². The van der Waals surface area contributed by atoms with E-state index in [1.165, 1.54) is 6.07 Å². The van der Waals surface area contributed by atoms with Crippen molar-refractivity contribution in [1.29, 1.82) is 0 Å². The Kier molecular flexibility index (Phi) is 3.94. The molecule has 0 aromatic heterocycles. The van der Waals surface area contributed by atoms with Crippen molar-refractivity contribution in [3.8, 4) is 5.75 Å². The highest BCUT2D eigenvalue weighted by atomic mass is 35.5. The van der Waals surface area contributed by atoms with Crippen molar-refractivity contribution >= 4 is 28.9 Å². The number of halogens is 3. The average Bonchev–Trinajstić information content (AvgIpc) is 2.33. The lowest BCUT2D eigenvalue weighted by Gasteiger charge is -2.10. The maximum atomic E-state index is 13.5. The molecule has 0 atom stereocenters. The van der Waals surface area contributed by atoms with Gasteiger partial charge in [-0.3, -0.25) is 0 Å². The van der Waals surface area contributed by atoms with Crippen molar-refractivity contribution in [3.63, 3.8) is 0 Å². The van der Waals surface area contributed by atoms with E-state index in [9.17, 15) is 4.39 Å². The van der Waals surface area contributed by atoms with Crippen molar-refractivity contribution in [2.24, 2.45) is 0 Å². The molecule has 0 aliphatic heterocycles. The van der Waals surface area contributed by atoms with Crippen LogP contribution in [0.3, 0.4) is 0 Å². The predicted molar refractivity (Wildman–Crippen MR) is 71.6 cm³/mol. The minimum Gasteiger partial charge on any atom is -0.487 e. The van der Waals surface area contributed by atoms with Crippen LogP contribution in [0.2, 0.25) is 10.0 Å². The van der Waals surface area contributed by atoms with Crippen LogP contribution in [0.1, 0.15) is 5.56 Å². The number of ether oxygens (including phenoxy) is 1. The van der Waals surface area contributed by atoms with Crippen LogP contribution in [0.25, 0.3) is 0 Å². The first-order valence-corrected chi connectivity index (χ1v) is 5.94. The Morgan fingerprint density at radius 1 is 1.17 bits per heavy atom. The zero-order valence-electron chi connectivity index (χ0n) is 9.29. The lowest BCUT2D eigenvalue weighted by molar-refractivity contribution is 0.301. The minimum atomic E-state index is -0.409. The fourth-order valence-electron chi connectivity index (χ4n) is 1.47. The molecule has 0 bridgehead atoms. The van der Waals surface area contributed by atoms with Crippen molar-refractivity contribution in [3.05, 3.63) is 57.8 Å². The van der Waals surface area contributed by atoms with Gasteiger partial charge in [0.2, 0.25) is 0 Å². The standard InChI is InChI=1S/C13H10Cl2FNO/c14-8-4-5-10(15)13(6-8)18-7-9-11(16)2-1-3-12(9)17/h1-6H,7,17H2. The van der Waals surface area contributed by atoms with Gasteiger partial charge in [0.15, 0.2) is 0 Å². The Morgan fingerprint density at radius 3 is 2.67 bits per heavy atom.